The molecule has 96 valence electrons. The molecule has 0 aliphatic rings. The van der Waals surface area contributed by atoms with Crippen LogP contribution in [0.25, 0.3) is 0 Å². The van der Waals surface area contributed by atoms with Crippen LogP contribution in [0.4, 0.5) is 0 Å². The van der Waals surface area contributed by atoms with Crippen molar-refractivity contribution in [1.82, 2.24) is 5.32 Å². The maximum Gasteiger partial charge on any atom is 0.156 e. The Morgan fingerprint density at radius 1 is 1.24 bits per heavy atom. The summed E-state index contributed by atoms with van der Waals surface area (Å²) in [6.45, 7) is 7.79. The second-order valence-corrected chi connectivity index (χ2v) is 5.05. The normalized spacial score (nSPS) is 10.9. The van der Waals surface area contributed by atoms with Crippen molar-refractivity contribution in [3.8, 4) is 5.75 Å². The van der Waals surface area contributed by atoms with Crippen molar-refractivity contribution in [1.29, 1.82) is 0 Å². The van der Waals surface area contributed by atoms with Crippen LogP contribution in [0.15, 0.2) is 12.1 Å². The number of ether oxygens (including phenoxy) is 1. The zero-order chi connectivity index (χ0) is 12.8. The van der Waals surface area contributed by atoms with Crippen LogP contribution in [0, 0.1) is 0 Å². The highest BCUT2D eigenvalue weighted by atomic mass is 35.5. The van der Waals surface area contributed by atoms with Crippen LogP contribution in [0.2, 0.25) is 10.0 Å². The fourth-order valence-electron chi connectivity index (χ4n) is 1.47. The average molecular weight is 276 g/mol. The predicted octanol–water partition coefficient (Wildman–Crippen LogP) is 4.28. The highest BCUT2D eigenvalue weighted by molar-refractivity contribution is 6.37. The first-order valence-corrected chi connectivity index (χ1v) is 6.65. The lowest BCUT2D eigenvalue weighted by molar-refractivity contribution is 0.242. The van der Waals surface area contributed by atoms with E-state index in [2.05, 4.69) is 12.2 Å². The minimum Gasteiger partial charge on any atom is -0.488 e. The maximum atomic E-state index is 6.15. The molecule has 0 aliphatic heterocycles. The van der Waals surface area contributed by atoms with E-state index in [9.17, 15) is 0 Å². The minimum absolute atomic E-state index is 0.0640. The Hall–Kier alpha value is -0.440. The first-order valence-electron chi connectivity index (χ1n) is 5.89. The summed E-state index contributed by atoms with van der Waals surface area (Å²) in [4.78, 5) is 0. The fourth-order valence-corrected chi connectivity index (χ4v) is 2.09. The van der Waals surface area contributed by atoms with E-state index in [1.54, 1.807) is 0 Å². The van der Waals surface area contributed by atoms with E-state index < -0.39 is 0 Å². The predicted molar refractivity (Wildman–Crippen MR) is 74.2 cm³/mol. The molecular formula is C13H19Cl2NO. The average Bonchev–Trinajstić information content (AvgIpc) is 2.24. The Balaban J connectivity index is 2.78. The van der Waals surface area contributed by atoms with Crippen LogP contribution in [0.3, 0.4) is 0 Å². The summed E-state index contributed by atoms with van der Waals surface area (Å²) in [5, 5.41) is 4.45. The van der Waals surface area contributed by atoms with Crippen molar-refractivity contribution in [3.05, 3.63) is 27.7 Å². The highest BCUT2D eigenvalue weighted by Gasteiger charge is 2.10. The van der Waals surface area contributed by atoms with Gasteiger partial charge in [-0.15, -0.1) is 0 Å². The van der Waals surface area contributed by atoms with Gasteiger partial charge in [0.2, 0.25) is 0 Å². The van der Waals surface area contributed by atoms with Gasteiger partial charge in [-0.2, -0.15) is 0 Å². The first kappa shape index (κ1) is 14.6. The number of hydrogen-bond donors (Lipinski definition) is 1. The van der Waals surface area contributed by atoms with Gasteiger partial charge in [-0.25, -0.2) is 0 Å². The molecule has 0 aliphatic carbocycles. The van der Waals surface area contributed by atoms with E-state index in [-0.39, 0.29) is 6.10 Å². The molecule has 1 aromatic rings. The molecule has 0 saturated heterocycles. The summed E-state index contributed by atoms with van der Waals surface area (Å²) in [5.41, 5.74) is 1.07. The highest BCUT2D eigenvalue weighted by Crippen LogP contribution is 2.34. The maximum absolute atomic E-state index is 6.15. The lowest BCUT2D eigenvalue weighted by atomic mass is 10.2. The minimum atomic E-state index is 0.0640. The molecule has 0 bridgehead atoms. The van der Waals surface area contributed by atoms with Gasteiger partial charge in [0.25, 0.3) is 0 Å². The molecule has 1 N–H and O–H groups in total. The van der Waals surface area contributed by atoms with E-state index >= 15 is 0 Å². The topological polar surface area (TPSA) is 21.3 Å². The molecule has 0 unspecified atom stereocenters. The van der Waals surface area contributed by atoms with Crippen molar-refractivity contribution < 1.29 is 4.74 Å². The number of benzene rings is 1. The van der Waals surface area contributed by atoms with E-state index in [0.29, 0.717) is 15.8 Å². The van der Waals surface area contributed by atoms with Crippen molar-refractivity contribution in [2.75, 3.05) is 6.54 Å². The van der Waals surface area contributed by atoms with Crippen LogP contribution in [0.1, 0.15) is 32.8 Å². The van der Waals surface area contributed by atoms with Crippen LogP contribution in [-0.4, -0.2) is 12.6 Å². The van der Waals surface area contributed by atoms with Crippen molar-refractivity contribution >= 4 is 23.2 Å². The quantitative estimate of drug-likeness (QED) is 0.783. The van der Waals surface area contributed by atoms with Gasteiger partial charge in [0.1, 0.15) is 0 Å². The second kappa shape index (κ2) is 7.10. The van der Waals surface area contributed by atoms with Gasteiger partial charge in [-0.05, 0) is 44.5 Å². The molecule has 0 aromatic heterocycles. The third-order valence-electron chi connectivity index (χ3n) is 2.17. The van der Waals surface area contributed by atoms with E-state index in [1.807, 2.05) is 26.0 Å². The molecule has 1 rings (SSSR count). The van der Waals surface area contributed by atoms with Crippen molar-refractivity contribution in [2.45, 2.75) is 39.8 Å². The Kier molecular flexibility index (Phi) is 6.10. The largest absolute Gasteiger partial charge is 0.488 e. The monoisotopic (exact) mass is 275 g/mol. The van der Waals surface area contributed by atoms with Crippen molar-refractivity contribution in [2.24, 2.45) is 0 Å². The van der Waals surface area contributed by atoms with Gasteiger partial charge < -0.3 is 10.1 Å². The molecule has 1 aromatic carbocycles. The van der Waals surface area contributed by atoms with Gasteiger partial charge in [0.05, 0.1) is 16.1 Å². The zero-order valence-corrected chi connectivity index (χ0v) is 12.0. The Labute approximate surface area is 113 Å². The lowest BCUT2D eigenvalue weighted by Gasteiger charge is -2.14. The molecule has 2 nitrogen and oxygen atoms in total. The molecule has 0 heterocycles. The Bertz CT molecular complexity index is 343. The molecule has 0 radical (unpaired) electrons. The number of rotatable bonds is 6. The summed E-state index contributed by atoms with van der Waals surface area (Å²) in [7, 11) is 0. The number of nitrogens with one attached hydrogen (secondary N) is 1. The third-order valence-corrected chi connectivity index (χ3v) is 2.73. The van der Waals surface area contributed by atoms with Gasteiger partial charge in [-0.1, -0.05) is 30.1 Å². The Morgan fingerprint density at radius 3 is 2.29 bits per heavy atom. The van der Waals surface area contributed by atoms with Gasteiger partial charge in [0, 0.05) is 6.54 Å². The molecule has 0 spiro atoms. The number of halogens is 2. The first-order chi connectivity index (χ1) is 8.04. The lowest BCUT2D eigenvalue weighted by Crippen LogP contribution is -2.14. The molecule has 0 atom stereocenters. The van der Waals surface area contributed by atoms with E-state index in [0.717, 1.165) is 25.1 Å². The fraction of sp³-hybridized carbons (Fsp3) is 0.538. The van der Waals surface area contributed by atoms with Gasteiger partial charge in [-0.3, -0.25) is 0 Å². The second-order valence-electron chi connectivity index (χ2n) is 4.23. The summed E-state index contributed by atoms with van der Waals surface area (Å²) in [6, 6.07) is 3.79. The van der Waals surface area contributed by atoms with E-state index in [4.69, 9.17) is 27.9 Å². The molecule has 4 heteroatoms. The Morgan fingerprint density at radius 2 is 1.82 bits per heavy atom. The molecule has 0 saturated carbocycles. The van der Waals surface area contributed by atoms with Gasteiger partial charge >= 0.3 is 0 Å². The van der Waals surface area contributed by atoms with Crippen molar-refractivity contribution in [3.63, 3.8) is 0 Å². The van der Waals surface area contributed by atoms with Gasteiger partial charge in [0.15, 0.2) is 5.75 Å². The molecular weight excluding hydrogens is 257 g/mol. The van der Waals surface area contributed by atoms with E-state index in [1.165, 1.54) is 0 Å². The summed E-state index contributed by atoms with van der Waals surface area (Å²) in [6.07, 6.45) is 1.17. The standard InChI is InChI=1S/C13H19Cl2NO/c1-4-5-16-8-10-6-11(14)13(12(15)7-10)17-9(2)3/h6-7,9,16H,4-5,8H2,1-3H3. The third kappa shape index (κ3) is 4.74. The summed E-state index contributed by atoms with van der Waals surface area (Å²) in [5.74, 6) is 0.572. The summed E-state index contributed by atoms with van der Waals surface area (Å²) < 4.78 is 5.57. The summed E-state index contributed by atoms with van der Waals surface area (Å²) >= 11 is 12.3. The van der Waals surface area contributed by atoms with Crippen LogP contribution < -0.4 is 10.1 Å². The molecule has 17 heavy (non-hydrogen) atoms. The van der Waals surface area contributed by atoms with Crippen LogP contribution in [0.5, 0.6) is 5.75 Å². The zero-order valence-electron chi connectivity index (χ0n) is 10.5. The van der Waals surface area contributed by atoms with Crippen LogP contribution in [-0.2, 0) is 6.54 Å². The smallest absolute Gasteiger partial charge is 0.156 e. The number of hydrogen-bond acceptors (Lipinski definition) is 2. The SMILES string of the molecule is CCCNCc1cc(Cl)c(OC(C)C)c(Cl)c1. The molecule has 0 amide bonds. The van der Waals surface area contributed by atoms with Crippen LogP contribution >= 0.6 is 23.2 Å². The molecule has 0 fully saturated rings.